The van der Waals surface area contributed by atoms with E-state index in [-0.39, 0.29) is 30.9 Å². The van der Waals surface area contributed by atoms with E-state index in [4.69, 9.17) is 4.74 Å². The van der Waals surface area contributed by atoms with Crippen molar-refractivity contribution in [3.8, 4) is 0 Å². The van der Waals surface area contributed by atoms with Gasteiger partial charge in [0.25, 0.3) is 0 Å². The maximum atomic E-state index is 13.2. The Kier molecular flexibility index (Phi) is 3.52. The van der Waals surface area contributed by atoms with E-state index in [1.807, 2.05) is 0 Å². The highest BCUT2D eigenvalue weighted by atomic mass is 35.5. The first-order valence-electron chi connectivity index (χ1n) is 4.36. The Morgan fingerprint density at radius 2 is 2.27 bits per heavy atom. The number of rotatable bonds is 1. The summed E-state index contributed by atoms with van der Waals surface area (Å²) in [4.78, 5) is 10.8. The Balaban J connectivity index is 0.00000112. The van der Waals surface area contributed by atoms with Crippen LogP contribution in [0, 0.1) is 12.7 Å². The lowest BCUT2D eigenvalue weighted by atomic mass is 10.1. The largest absolute Gasteiger partial charge is 0.447 e. The van der Waals surface area contributed by atoms with E-state index < -0.39 is 6.09 Å². The number of hydrogen-bond donors (Lipinski definition) is 1. The third kappa shape index (κ3) is 2.39. The minimum absolute atomic E-state index is 0. The summed E-state index contributed by atoms with van der Waals surface area (Å²) in [5.74, 6) is -0.261. The van der Waals surface area contributed by atoms with Gasteiger partial charge in [-0.1, -0.05) is 12.1 Å². The van der Waals surface area contributed by atoms with Crippen molar-refractivity contribution in [2.24, 2.45) is 0 Å². The maximum Gasteiger partial charge on any atom is 0.407 e. The molecular weight excluding hydrogens is 221 g/mol. The molecule has 1 saturated heterocycles. The lowest BCUT2D eigenvalue weighted by Gasteiger charge is -2.08. The topological polar surface area (TPSA) is 38.3 Å². The second-order valence-electron chi connectivity index (χ2n) is 3.30. The quantitative estimate of drug-likeness (QED) is 0.806. The van der Waals surface area contributed by atoms with E-state index in [0.29, 0.717) is 5.56 Å². The average Bonchev–Trinajstić information content (AvgIpc) is 2.57. The number of ether oxygens (including phenoxy) is 1. The van der Waals surface area contributed by atoms with Crippen molar-refractivity contribution in [1.82, 2.24) is 5.32 Å². The summed E-state index contributed by atoms with van der Waals surface area (Å²) in [5, 5.41) is 2.59. The molecule has 3 nitrogen and oxygen atoms in total. The molecule has 15 heavy (non-hydrogen) atoms. The predicted octanol–water partition coefficient (Wildman–Crippen LogP) is 2.34. The average molecular weight is 232 g/mol. The molecule has 1 aromatic carbocycles. The summed E-state index contributed by atoms with van der Waals surface area (Å²) in [5.41, 5.74) is 1.33. The van der Waals surface area contributed by atoms with E-state index >= 15 is 0 Å². The van der Waals surface area contributed by atoms with Gasteiger partial charge in [-0.15, -0.1) is 12.4 Å². The highest BCUT2D eigenvalue weighted by Gasteiger charge is 2.23. The monoisotopic (exact) mass is 231 g/mol. The van der Waals surface area contributed by atoms with Crippen LogP contribution in [0.25, 0.3) is 0 Å². The normalized spacial score (nSPS) is 19.1. The van der Waals surface area contributed by atoms with Gasteiger partial charge in [0, 0.05) is 0 Å². The van der Waals surface area contributed by atoms with E-state index in [1.165, 1.54) is 6.07 Å². The van der Waals surface area contributed by atoms with Gasteiger partial charge < -0.3 is 10.1 Å². The van der Waals surface area contributed by atoms with E-state index in [0.717, 1.165) is 5.56 Å². The van der Waals surface area contributed by atoms with Crippen LogP contribution in [-0.4, -0.2) is 12.7 Å². The minimum Gasteiger partial charge on any atom is -0.447 e. The van der Waals surface area contributed by atoms with Crippen molar-refractivity contribution in [2.45, 2.75) is 13.0 Å². The Labute approximate surface area is 93.0 Å². The van der Waals surface area contributed by atoms with Crippen LogP contribution in [0.5, 0.6) is 0 Å². The predicted molar refractivity (Wildman–Crippen MR) is 55.6 cm³/mol. The molecule has 1 aliphatic heterocycles. The highest BCUT2D eigenvalue weighted by Crippen LogP contribution is 2.20. The van der Waals surface area contributed by atoms with Crippen molar-refractivity contribution < 1.29 is 13.9 Å². The Morgan fingerprint density at radius 1 is 1.53 bits per heavy atom. The summed E-state index contributed by atoms with van der Waals surface area (Å²) >= 11 is 0. The zero-order chi connectivity index (χ0) is 10.1. The van der Waals surface area contributed by atoms with Gasteiger partial charge in [0.15, 0.2) is 0 Å². The number of benzene rings is 1. The molecule has 1 aliphatic rings. The highest BCUT2D eigenvalue weighted by molar-refractivity contribution is 5.85. The summed E-state index contributed by atoms with van der Waals surface area (Å²) in [6, 6.07) is 4.68. The van der Waals surface area contributed by atoms with Gasteiger partial charge in [-0.05, 0) is 24.1 Å². The standard InChI is InChI=1S/C10H10FNO2.ClH/c1-6-2-3-7(4-8(6)11)9-5-14-10(13)12-9;/h2-4,9H,5H2,1H3,(H,12,13);1H/t9-;/m0./s1. The zero-order valence-electron chi connectivity index (χ0n) is 8.12. The molecule has 1 heterocycles. The van der Waals surface area contributed by atoms with E-state index in [9.17, 15) is 9.18 Å². The van der Waals surface area contributed by atoms with Gasteiger partial charge in [0.1, 0.15) is 12.4 Å². The molecule has 0 unspecified atom stereocenters. The number of hydrogen-bond acceptors (Lipinski definition) is 2. The van der Waals surface area contributed by atoms with Crippen molar-refractivity contribution in [3.05, 3.63) is 35.1 Å². The molecule has 0 spiro atoms. The molecule has 0 aromatic heterocycles. The molecule has 5 heteroatoms. The maximum absolute atomic E-state index is 13.2. The van der Waals surface area contributed by atoms with Gasteiger partial charge in [0.2, 0.25) is 0 Å². The third-order valence-corrected chi connectivity index (χ3v) is 2.27. The van der Waals surface area contributed by atoms with Crippen LogP contribution < -0.4 is 5.32 Å². The fraction of sp³-hybridized carbons (Fsp3) is 0.300. The zero-order valence-corrected chi connectivity index (χ0v) is 8.94. The second-order valence-corrected chi connectivity index (χ2v) is 3.30. The number of carbonyl (C=O) groups is 1. The Bertz CT molecular complexity index is 384. The first-order chi connectivity index (χ1) is 6.66. The van der Waals surface area contributed by atoms with E-state index in [2.05, 4.69) is 5.32 Å². The molecule has 0 aliphatic carbocycles. The molecule has 2 rings (SSSR count). The van der Waals surface area contributed by atoms with Gasteiger partial charge in [-0.25, -0.2) is 9.18 Å². The summed E-state index contributed by atoms with van der Waals surface area (Å²) in [7, 11) is 0. The number of alkyl carbamates (subject to hydrolysis) is 1. The van der Waals surface area contributed by atoms with Gasteiger partial charge in [-0.2, -0.15) is 0 Å². The van der Waals surface area contributed by atoms with Crippen LogP contribution in [0.15, 0.2) is 18.2 Å². The summed E-state index contributed by atoms with van der Waals surface area (Å²) in [6.45, 7) is 1.96. The first kappa shape index (κ1) is 11.8. The lowest BCUT2D eigenvalue weighted by molar-refractivity contribution is 0.177. The van der Waals surface area contributed by atoms with Gasteiger partial charge in [0.05, 0.1) is 6.04 Å². The van der Waals surface area contributed by atoms with Crippen molar-refractivity contribution in [2.75, 3.05) is 6.61 Å². The Morgan fingerprint density at radius 3 is 2.80 bits per heavy atom. The molecule has 1 aromatic rings. The number of nitrogens with one attached hydrogen (secondary N) is 1. The number of halogens is 2. The molecular formula is C10H11ClFNO2. The second kappa shape index (κ2) is 4.49. The molecule has 1 atom stereocenters. The smallest absolute Gasteiger partial charge is 0.407 e. The van der Waals surface area contributed by atoms with Crippen LogP contribution in [0.4, 0.5) is 9.18 Å². The van der Waals surface area contributed by atoms with Crippen LogP contribution in [-0.2, 0) is 4.74 Å². The van der Waals surface area contributed by atoms with Crippen LogP contribution in [0.1, 0.15) is 17.2 Å². The number of amides is 1. The van der Waals surface area contributed by atoms with Crippen LogP contribution in [0.3, 0.4) is 0 Å². The summed E-state index contributed by atoms with van der Waals surface area (Å²) in [6.07, 6.45) is -0.448. The minimum atomic E-state index is -0.448. The lowest BCUT2D eigenvalue weighted by Crippen LogP contribution is -2.18. The van der Waals surface area contributed by atoms with E-state index in [1.54, 1.807) is 19.1 Å². The molecule has 0 saturated carbocycles. The molecule has 1 amide bonds. The summed E-state index contributed by atoms with van der Waals surface area (Å²) < 4.78 is 17.9. The molecule has 1 N–H and O–H groups in total. The molecule has 0 radical (unpaired) electrons. The van der Waals surface area contributed by atoms with Crippen molar-refractivity contribution in [3.63, 3.8) is 0 Å². The first-order valence-corrected chi connectivity index (χ1v) is 4.36. The number of carbonyl (C=O) groups excluding carboxylic acids is 1. The number of cyclic esters (lactones) is 1. The molecule has 1 fully saturated rings. The SMILES string of the molecule is Cc1ccc([C@@H]2COC(=O)N2)cc1F.Cl. The third-order valence-electron chi connectivity index (χ3n) is 2.27. The molecule has 0 bridgehead atoms. The van der Waals surface area contributed by atoms with Gasteiger partial charge >= 0.3 is 6.09 Å². The van der Waals surface area contributed by atoms with Crippen LogP contribution >= 0.6 is 12.4 Å². The van der Waals surface area contributed by atoms with Gasteiger partial charge in [-0.3, -0.25) is 0 Å². The Hall–Kier alpha value is -1.29. The fourth-order valence-corrected chi connectivity index (χ4v) is 1.39. The fourth-order valence-electron chi connectivity index (χ4n) is 1.39. The number of aryl methyl sites for hydroxylation is 1. The van der Waals surface area contributed by atoms with Crippen molar-refractivity contribution >= 4 is 18.5 Å². The van der Waals surface area contributed by atoms with Crippen molar-refractivity contribution in [1.29, 1.82) is 0 Å². The van der Waals surface area contributed by atoms with Crippen LogP contribution in [0.2, 0.25) is 0 Å². The molecule has 82 valence electrons.